The van der Waals surface area contributed by atoms with Crippen molar-refractivity contribution in [3.05, 3.63) is 34.6 Å². The van der Waals surface area contributed by atoms with Crippen LogP contribution >= 0.6 is 11.6 Å². The summed E-state index contributed by atoms with van der Waals surface area (Å²) in [7, 11) is 0. The van der Waals surface area contributed by atoms with Crippen LogP contribution < -0.4 is 5.32 Å². The Morgan fingerprint density at radius 3 is 2.55 bits per heavy atom. The Balaban J connectivity index is 2.75. The normalized spacial score (nSPS) is 14.2. The number of benzene rings is 1. The number of halogens is 2. The largest absolute Gasteiger partial charge is 0.314 e. The molecule has 0 saturated carbocycles. The first-order valence-corrected chi connectivity index (χ1v) is 8.17. The molecule has 1 aromatic carbocycles. The van der Waals surface area contributed by atoms with Crippen LogP contribution in [0.2, 0.25) is 5.02 Å². The van der Waals surface area contributed by atoms with Crippen LogP contribution in [0.15, 0.2) is 18.2 Å². The number of likely N-dealkylation sites (N-methyl/N-ethyl adjacent to an activating group) is 1. The minimum atomic E-state index is -0.318. The summed E-state index contributed by atoms with van der Waals surface area (Å²) in [5.41, 5.74) is 1.02. The van der Waals surface area contributed by atoms with Gasteiger partial charge in [0.1, 0.15) is 5.82 Å². The van der Waals surface area contributed by atoms with Crippen LogP contribution in [0.4, 0.5) is 4.39 Å². The molecule has 1 aromatic rings. The molecule has 0 aliphatic carbocycles. The first-order valence-electron chi connectivity index (χ1n) is 7.79. The van der Waals surface area contributed by atoms with Gasteiger partial charge in [-0.3, -0.25) is 0 Å². The zero-order valence-corrected chi connectivity index (χ0v) is 13.6. The van der Waals surface area contributed by atoms with Crippen molar-refractivity contribution in [2.45, 2.75) is 58.9 Å². The second kappa shape index (κ2) is 9.36. The van der Waals surface area contributed by atoms with Crippen LogP contribution in [0.3, 0.4) is 0 Å². The van der Waals surface area contributed by atoms with E-state index in [1.54, 1.807) is 12.1 Å². The maximum Gasteiger partial charge on any atom is 0.142 e. The van der Waals surface area contributed by atoms with Crippen molar-refractivity contribution in [2.75, 3.05) is 6.54 Å². The zero-order valence-electron chi connectivity index (χ0n) is 12.9. The van der Waals surface area contributed by atoms with Crippen molar-refractivity contribution in [3.8, 4) is 0 Å². The molecule has 0 bridgehead atoms. The van der Waals surface area contributed by atoms with Crippen LogP contribution in [0.5, 0.6) is 0 Å². The summed E-state index contributed by atoms with van der Waals surface area (Å²) in [6.45, 7) is 7.54. The van der Waals surface area contributed by atoms with Crippen molar-refractivity contribution >= 4 is 11.6 Å². The van der Waals surface area contributed by atoms with Crippen molar-refractivity contribution in [1.82, 2.24) is 5.32 Å². The third-order valence-electron chi connectivity index (χ3n) is 3.93. The van der Waals surface area contributed by atoms with Gasteiger partial charge in [-0.2, -0.15) is 0 Å². The van der Waals surface area contributed by atoms with Gasteiger partial charge in [-0.25, -0.2) is 4.39 Å². The smallest absolute Gasteiger partial charge is 0.142 e. The summed E-state index contributed by atoms with van der Waals surface area (Å²) >= 11 is 5.75. The average Bonchev–Trinajstić information content (AvgIpc) is 2.44. The minimum absolute atomic E-state index is 0.201. The molecule has 3 heteroatoms. The summed E-state index contributed by atoms with van der Waals surface area (Å²) in [4.78, 5) is 0. The Bertz CT molecular complexity index is 395. The topological polar surface area (TPSA) is 12.0 Å². The Hall–Kier alpha value is -0.600. The monoisotopic (exact) mass is 299 g/mol. The van der Waals surface area contributed by atoms with E-state index in [1.807, 2.05) is 6.07 Å². The molecule has 0 fully saturated rings. The first-order chi connectivity index (χ1) is 9.62. The van der Waals surface area contributed by atoms with E-state index >= 15 is 0 Å². The molecule has 0 aliphatic rings. The lowest BCUT2D eigenvalue weighted by atomic mass is 9.87. The van der Waals surface area contributed by atoms with E-state index < -0.39 is 0 Å². The second-order valence-electron chi connectivity index (χ2n) is 5.43. The lowest BCUT2D eigenvalue weighted by Gasteiger charge is -2.27. The fraction of sp³-hybridized carbons (Fsp3) is 0.647. The number of hydrogen-bond donors (Lipinski definition) is 1. The van der Waals surface area contributed by atoms with E-state index in [0.29, 0.717) is 12.0 Å². The highest BCUT2D eigenvalue weighted by molar-refractivity contribution is 6.30. The third-order valence-corrected chi connectivity index (χ3v) is 4.23. The Labute approximate surface area is 127 Å². The van der Waals surface area contributed by atoms with Gasteiger partial charge in [-0.1, -0.05) is 57.7 Å². The van der Waals surface area contributed by atoms with Crippen LogP contribution in [-0.4, -0.2) is 12.6 Å². The summed E-state index contributed by atoms with van der Waals surface area (Å²) in [6.07, 6.45) is 5.75. The molecule has 1 N–H and O–H groups in total. The van der Waals surface area contributed by atoms with Gasteiger partial charge in [0.15, 0.2) is 0 Å². The average molecular weight is 300 g/mol. The minimum Gasteiger partial charge on any atom is -0.314 e. The van der Waals surface area contributed by atoms with Crippen LogP contribution in [0.1, 0.15) is 52.0 Å². The molecule has 114 valence electrons. The lowest BCUT2D eigenvalue weighted by molar-refractivity contribution is 0.319. The molecule has 20 heavy (non-hydrogen) atoms. The predicted molar refractivity (Wildman–Crippen MR) is 85.9 cm³/mol. The van der Waals surface area contributed by atoms with Crippen LogP contribution in [0, 0.1) is 11.7 Å². The molecule has 0 radical (unpaired) electrons. The van der Waals surface area contributed by atoms with Crippen molar-refractivity contribution in [1.29, 1.82) is 0 Å². The highest BCUT2D eigenvalue weighted by Gasteiger charge is 2.19. The molecule has 1 rings (SSSR count). The van der Waals surface area contributed by atoms with Gasteiger partial charge in [0.25, 0.3) is 0 Å². The number of hydrogen-bond acceptors (Lipinski definition) is 1. The molecule has 1 nitrogen and oxygen atoms in total. The lowest BCUT2D eigenvalue weighted by Crippen LogP contribution is -2.37. The summed E-state index contributed by atoms with van der Waals surface area (Å²) in [6, 6.07) is 5.57. The molecule has 0 spiro atoms. The van der Waals surface area contributed by atoms with E-state index in [1.165, 1.54) is 19.3 Å². The second-order valence-corrected chi connectivity index (χ2v) is 5.83. The molecule has 0 heterocycles. The number of unbranched alkanes of at least 4 members (excludes halogenated alkanes) is 1. The maximum absolute atomic E-state index is 13.5. The molecular formula is C17H27ClFN. The SMILES string of the molecule is CCCCC(CC)C(Cc1ccc(Cl)c(F)c1)NCC. The highest BCUT2D eigenvalue weighted by atomic mass is 35.5. The summed E-state index contributed by atoms with van der Waals surface area (Å²) in [5.74, 6) is 0.328. The fourth-order valence-electron chi connectivity index (χ4n) is 2.74. The third kappa shape index (κ3) is 5.41. The van der Waals surface area contributed by atoms with Gasteiger partial charge in [0.05, 0.1) is 5.02 Å². The van der Waals surface area contributed by atoms with Crippen molar-refractivity contribution < 1.29 is 4.39 Å². The van der Waals surface area contributed by atoms with Crippen molar-refractivity contribution in [2.24, 2.45) is 5.92 Å². The molecular weight excluding hydrogens is 273 g/mol. The van der Waals surface area contributed by atoms with Gasteiger partial charge in [0.2, 0.25) is 0 Å². The van der Waals surface area contributed by atoms with Gasteiger partial charge < -0.3 is 5.32 Å². The Kier molecular flexibility index (Phi) is 8.16. The molecule has 0 aromatic heterocycles. The standard InChI is InChI=1S/C17H27ClFN/c1-4-7-8-14(5-2)17(20-6-3)12-13-9-10-15(18)16(19)11-13/h9-11,14,17,20H,4-8,12H2,1-3H3. The van der Waals surface area contributed by atoms with Gasteiger partial charge in [-0.15, -0.1) is 0 Å². The van der Waals surface area contributed by atoms with Crippen LogP contribution in [-0.2, 0) is 6.42 Å². The zero-order chi connectivity index (χ0) is 15.0. The van der Waals surface area contributed by atoms with Gasteiger partial charge in [0, 0.05) is 6.04 Å². The molecule has 0 amide bonds. The fourth-order valence-corrected chi connectivity index (χ4v) is 2.86. The van der Waals surface area contributed by atoms with E-state index in [0.717, 1.165) is 24.9 Å². The molecule has 0 aliphatic heterocycles. The molecule has 2 atom stereocenters. The van der Waals surface area contributed by atoms with Crippen molar-refractivity contribution in [3.63, 3.8) is 0 Å². The Morgan fingerprint density at radius 1 is 1.25 bits per heavy atom. The summed E-state index contributed by atoms with van der Waals surface area (Å²) < 4.78 is 13.5. The van der Waals surface area contributed by atoms with Gasteiger partial charge in [-0.05, 0) is 43.0 Å². The first kappa shape index (κ1) is 17.5. The van der Waals surface area contributed by atoms with E-state index in [2.05, 4.69) is 26.1 Å². The highest BCUT2D eigenvalue weighted by Crippen LogP contribution is 2.22. The summed E-state index contributed by atoms with van der Waals surface area (Å²) in [5, 5.41) is 3.77. The molecule has 0 saturated heterocycles. The quantitative estimate of drug-likeness (QED) is 0.659. The maximum atomic E-state index is 13.5. The van der Waals surface area contributed by atoms with E-state index in [9.17, 15) is 4.39 Å². The van der Waals surface area contributed by atoms with Crippen LogP contribution in [0.25, 0.3) is 0 Å². The number of rotatable bonds is 9. The van der Waals surface area contributed by atoms with E-state index in [-0.39, 0.29) is 10.8 Å². The predicted octanol–water partition coefficient (Wildman–Crippen LogP) is 5.22. The van der Waals surface area contributed by atoms with Gasteiger partial charge >= 0.3 is 0 Å². The molecule has 2 unspecified atom stereocenters. The number of nitrogens with one attached hydrogen (secondary N) is 1. The van der Waals surface area contributed by atoms with E-state index in [4.69, 9.17) is 11.6 Å². The Morgan fingerprint density at radius 2 is 2.00 bits per heavy atom.